The molecule has 28 heavy (non-hydrogen) atoms. The minimum absolute atomic E-state index is 0.0901. The van der Waals surface area contributed by atoms with Crippen LogP contribution in [0, 0.1) is 0 Å². The van der Waals surface area contributed by atoms with Gasteiger partial charge in [-0.25, -0.2) is 15.0 Å². The van der Waals surface area contributed by atoms with E-state index in [-0.39, 0.29) is 5.76 Å². The molecule has 9 nitrogen and oxygen atoms in total. The lowest BCUT2D eigenvalue weighted by atomic mass is 10.3. The highest BCUT2D eigenvalue weighted by molar-refractivity contribution is 6.68. The fourth-order valence-corrected chi connectivity index (χ4v) is 3.43. The van der Waals surface area contributed by atoms with Crippen LogP contribution >= 0.6 is 34.8 Å². The van der Waals surface area contributed by atoms with E-state index in [0.29, 0.717) is 43.3 Å². The van der Waals surface area contributed by atoms with E-state index in [4.69, 9.17) is 44.0 Å². The number of imidazole rings is 1. The maximum atomic E-state index is 12.4. The Morgan fingerprint density at radius 3 is 2.68 bits per heavy atom. The minimum Gasteiger partial charge on any atom is -0.459 e. The zero-order valence-electron chi connectivity index (χ0n) is 14.4. The molecule has 0 radical (unpaired) electrons. The van der Waals surface area contributed by atoms with Gasteiger partial charge in [-0.15, -0.1) is 0 Å². The molecule has 1 N–H and O–H groups in total. The number of morpholine rings is 1. The van der Waals surface area contributed by atoms with Crippen LogP contribution in [0.2, 0.25) is 0 Å². The third-order valence-corrected chi connectivity index (χ3v) is 4.87. The summed E-state index contributed by atoms with van der Waals surface area (Å²) in [6.45, 7) is 2.56. The van der Waals surface area contributed by atoms with E-state index in [0.717, 1.165) is 0 Å². The maximum absolute atomic E-state index is 12.4. The fraction of sp³-hybridized carbons (Fsp3) is 0.375. The minimum atomic E-state index is -1.88. The van der Waals surface area contributed by atoms with E-state index >= 15 is 0 Å². The topological polar surface area (TPSA) is 98.3 Å². The molecule has 4 heterocycles. The molecular weight excluding hydrogens is 431 g/mol. The van der Waals surface area contributed by atoms with Crippen LogP contribution < -0.4 is 10.2 Å². The van der Waals surface area contributed by atoms with E-state index in [1.807, 2.05) is 0 Å². The van der Waals surface area contributed by atoms with Crippen molar-refractivity contribution in [3.63, 3.8) is 0 Å². The SMILES string of the molecule is O=C(NC(n1cnc2c(N3CCOCC3)ncnc21)C(Cl)(Cl)Cl)c1ccco1. The number of furan rings is 1. The number of hydrogen-bond acceptors (Lipinski definition) is 7. The Balaban J connectivity index is 1.71. The number of carbonyl (C=O) groups is 1. The molecule has 1 aliphatic heterocycles. The Morgan fingerprint density at radius 1 is 1.21 bits per heavy atom. The lowest BCUT2D eigenvalue weighted by Crippen LogP contribution is -2.40. The van der Waals surface area contributed by atoms with E-state index in [1.165, 1.54) is 29.6 Å². The van der Waals surface area contributed by atoms with Crippen molar-refractivity contribution in [3.05, 3.63) is 36.8 Å². The monoisotopic (exact) mass is 444 g/mol. The zero-order chi connectivity index (χ0) is 19.7. The van der Waals surface area contributed by atoms with Crippen molar-refractivity contribution in [3.8, 4) is 0 Å². The lowest BCUT2D eigenvalue weighted by Gasteiger charge is -2.28. The number of fused-ring (bicyclic) bond motifs is 1. The van der Waals surface area contributed by atoms with Crippen molar-refractivity contribution in [1.29, 1.82) is 0 Å². The highest BCUT2D eigenvalue weighted by atomic mass is 35.6. The smallest absolute Gasteiger partial charge is 0.288 e. The summed E-state index contributed by atoms with van der Waals surface area (Å²) in [5, 5.41) is 2.65. The van der Waals surface area contributed by atoms with Gasteiger partial charge in [-0.2, -0.15) is 0 Å². The average Bonchev–Trinajstić information content (AvgIpc) is 3.35. The van der Waals surface area contributed by atoms with Gasteiger partial charge in [0.05, 0.1) is 25.8 Å². The molecule has 1 aliphatic rings. The summed E-state index contributed by atoms with van der Waals surface area (Å²) < 4.78 is 10.1. The molecule has 0 aliphatic carbocycles. The third kappa shape index (κ3) is 3.75. The summed E-state index contributed by atoms with van der Waals surface area (Å²) in [4.78, 5) is 27.5. The quantitative estimate of drug-likeness (QED) is 0.616. The van der Waals surface area contributed by atoms with Crippen LogP contribution in [-0.4, -0.2) is 55.5 Å². The molecular formula is C16H15Cl3N6O3. The first-order chi connectivity index (χ1) is 13.4. The van der Waals surface area contributed by atoms with E-state index in [2.05, 4.69) is 25.2 Å². The Bertz CT molecular complexity index is 966. The molecule has 0 spiro atoms. The van der Waals surface area contributed by atoms with Gasteiger partial charge in [-0.05, 0) is 12.1 Å². The molecule has 148 valence electrons. The van der Waals surface area contributed by atoms with Gasteiger partial charge in [0.1, 0.15) is 6.33 Å². The largest absolute Gasteiger partial charge is 0.459 e. The summed E-state index contributed by atoms with van der Waals surface area (Å²) >= 11 is 18.5. The number of hydrogen-bond donors (Lipinski definition) is 1. The summed E-state index contributed by atoms with van der Waals surface area (Å²) in [7, 11) is 0. The molecule has 12 heteroatoms. The molecule has 1 amide bonds. The second kappa shape index (κ2) is 7.75. The predicted molar refractivity (Wildman–Crippen MR) is 104 cm³/mol. The van der Waals surface area contributed by atoms with Crippen LogP contribution in [0.15, 0.2) is 35.5 Å². The van der Waals surface area contributed by atoms with E-state index in [9.17, 15) is 4.79 Å². The van der Waals surface area contributed by atoms with Gasteiger partial charge in [-0.1, -0.05) is 34.8 Å². The Morgan fingerprint density at radius 2 is 2.00 bits per heavy atom. The molecule has 0 bridgehead atoms. The standard InChI is InChI=1S/C16H15Cl3N6O3/c17-16(18,19)15(23-14(26)10-2-1-5-28-10)25-9-22-11-12(20-8-21-13(11)25)24-3-6-27-7-4-24/h1-2,5,8-9,15H,3-4,6-7H2,(H,23,26). The van der Waals surface area contributed by atoms with Crippen LogP contribution in [0.1, 0.15) is 16.7 Å². The number of aromatic nitrogens is 4. The maximum Gasteiger partial charge on any atom is 0.288 e. The van der Waals surface area contributed by atoms with Gasteiger partial charge in [0.15, 0.2) is 28.9 Å². The number of carbonyl (C=O) groups excluding carboxylic acids is 1. The average molecular weight is 446 g/mol. The van der Waals surface area contributed by atoms with Gasteiger partial charge in [0.25, 0.3) is 5.91 Å². The summed E-state index contributed by atoms with van der Waals surface area (Å²) in [6, 6.07) is 3.10. The van der Waals surface area contributed by atoms with Crippen LogP contribution in [-0.2, 0) is 4.74 Å². The first-order valence-electron chi connectivity index (χ1n) is 8.36. The van der Waals surface area contributed by atoms with E-state index in [1.54, 1.807) is 6.07 Å². The van der Waals surface area contributed by atoms with Crippen LogP contribution in [0.5, 0.6) is 0 Å². The number of amides is 1. The first kappa shape index (κ1) is 19.3. The van der Waals surface area contributed by atoms with Gasteiger partial charge in [0, 0.05) is 13.1 Å². The molecule has 1 atom stereocenters. The Labute approximate surface area is 174 Å². The third-order valence-electron chi connectivity index (χ3n) is 4.25. The fourth-order valence-electron chi connectivity index (χ4n) is 2.95. The predicted octanol–water partition coefficient (Wildman–Crippen LogP) is 2.55. The first-order valence-corrected chi connectivity index (χ1v) is 9.50. The molecule has 1 unspecified atom stereocenters. The normalized spacial score (nSPS) is 16.3. The molecule has 0 saturated carbocycles. The summed E-state index contributed by atoms with van der Waals surface area (Å²) in [5.41, 5.74) is 0.962. The van der Waals surface area contributed by atoms with Crippen LogP contribution in [0.3, 0.4) is 0 Å². The number of anilines is 1. The van der Waals surface area contributed by atoms with Gasteiger partial charge < -0.3 is 19.4 Å². The van der Waals surface area contributed by atoms with Crippen molar-refractivity contribution < 1.29 is 13.9 Å². The van der Waals surface area contributed by atoms with E-state index < -0.39 is 15.9 Å². The Hall–Kier alpha value is -2.07. The molecule has 0 aromatic carbocycles. The molecule has 4 rings (SSSR count). The second-order valence-corrected chi connectivity index (χ2v) is 8.38. The number of nitrogens with zero attached hydrogens (tertiary/aromatic N) is 5. The number of ether oxygens (including phenoxy) is 1. The molecule has 1 saturated heterocycles. The number of alkyl halides is 3. The van der Waals surface area contributed by atoms with Crippen LogP contribution in [0.25, 0.3) is 11.2 Å². The van der Waals surface area contributed by atoms with Crippen LogP contribution in [0.4, 0.5) is 5.82 Å². The highest BCUT2D eigenvalue weighted by Gasteiger charge is 2.37. The van der Waals surface area contributed by atoms with Gasteiger partial charge in [0.2, 0.25) is 3.79 Å². The van der Waals surface area contributed by atoms with Gasteiger partial charge in [-0.3, -0.25) is 9.36 Å². The summed E-state index contributed by atoms with van der Waals surface area (Å²) in [5.74, 6) is 0.213. The lowest BCUT2D eigenvalue weighted by molar-refractivity contribution is 0.0893. The van der Waals surface area contributed by atoms with Crippen molar-refractivity contribution in [2.45, 2.75) is 9.96 Å². The highest BCUT2D eigenvalue weighted by Crippen LogP contribution is 2.38. The number of nitrogens with one attached hydrogen (secondary N) is 1. The molecule has 1 fully saturated rings. The van der Waals surface area contributed by atoms with Crippen molar-refractivity contribution in [2.75, 3.05) is 31.2 Å². The van der Waals surface area contributed by atoms with Crippen molar-refractivity contribution in [2.24, 2.45) is 0 Å². The second-order valence-electron chi connectivity index (χ2n) is 6.02. The van der Waals surface area contributed by atoms with Crippen molar-refractivity contribution in [1.82, 2.24) is 24.8 Å². The molecule has 3 aromatic rings. The Kier molecular flexibility index (Phi) is 5.33. The number of rotatable bonds is 4. The van der Waals surface area contributed by atoms with Gasteiger partial charge >= 0.3 is 0 Å². The van der Waals surface area contributed by atoms with Crippen molar-refractivity contribution >= 4 is 57.7 Å². The molecule has 3 aromatic heterocycles. The zero-order valence-corrected chi connectivity index (χ0v) is 16.7. The number of halogens is 3. The summed E-state index contributed by atoms with van der Waals surface area (Å²) in [6.07, 6.45) is 3.17.